The van der Waals surface area contributed by atoms with E-state index in [1.165, 1.54) is 47.1 Å². The minimum absolute atomic E-state index is 0.232. The molecule has 0 bridgehead atoms. The summed E-state index contributed by atoms with van der Waals surface area (Å²) in [6, 6.07) is 15.6. The molecular weight excluding hydrogens is 244 g/mol. The van der Waals surface area contributed by atoms with Crippen LogP contribution in [0.5, 0.6) is 0 Å². The summed E-state index contributed by atoms with van der Waals surface area (Å²) < 4.78 is 0. The Bertz CT molecular complexity index is 583. The van der Waals surface area contributed by atoms with Gasteiger partial charge in [-0.1, -0.05) is 48.0 Å². The Morgan fingerprint density at radius 1 is 0.950 bits per heavy atom. The first-order valence-electron chi connectivity index (χ1n) is 7.57. The molecule has 2 aromatic rings. The van der Waals surface area contributed by atoms with Gasteiger partial charge in [-0.3, -0.25) is 0 Å². The molecule has 2 aromatic carbocycles. The van der Waals surface area contributed by atoms with E-state index in [-0.39, 0.29) is 6.61 Å². The average molecular weight is 266 g/mol. The Labute approximate surface area is 121 Å². The topological polar surface area (TPSA) is 20.2 Å². The monoisotopic (exact) mass is 266 g/mol. The maximum atomic E-state index is 9.41. The lowest BCUT2D eigenvalue weighted by Crippen LogP contribution is -2.04. The van der Waals surface area contributed by atoms with Crippen molar-refractivity contribution in [3.8, 4) is 0 Å². The fourth-order valence-electron chi connectivity index (χ4n) is 3.26. The predicted molar refractivity (Wildman–Crippen MR) is 83.2 cm³/mol. The Morgan fingerprint density at radius 3 is 2.40 bits per heavy atom. The fraction of sp³-hybridized carbons (Fsp3) is 0.368. The molecule has 1 nitrogen and oxygen atoms in total. The maximum Gasteiger partial charge on any atom is 0.0440 e. The first-order chi connectivity index (χ1) is 9.78. The summed E-state index contributed by atoms with van der Waals surface area (Å²) in [6.45, 7) is 2.34. The van der Waals surface area contributed by atoms with E-state index >= 15 is 0 Å². The van der Waals surface area contributed by atoms with Crippen LogP contribution in [0.3, 0.4) is 0 Å². The van der Waals surface area contributed by atoms with Crippen molar-refractivity contribution in [1.29, 1.82) is 0 Å². The average Bonchev–Trinajstić information content (AvgIpc) is 2.93. The third kappa shape index (κ3) is 2.64. The highest BCUT2D eigenvalue weighted by Gasteiger charge is 2.17. The van der Waals surface area contributed by atoms with E-state index in [0.29, 0.717) is 5.92 Å². The molecule has 0 aliphatic heterocycles. The maximum absolute atomic E-state index is 9.41. The zero-order valence-corrected chi connectivity index (χ0v) is 12.1. The molecule has 3 rings (SSSR count). The molecule has 0 heterocycles. The van der Waals surface area contributed by atoms with Gasteiger partial charge < -0.3 is 5.11 Å². The highest BCUT2D eigenvalue weighted by Crippen LogP contribution is 2.32. The summed E-state index contributed by atoms with van der Waals surface area (Å²) in [5.74, 6) is 0.312. The lowest BCUT2D eigenvalue weighted by Gasteiger charge is -2.18. The zero-order chi connectivity index (χ0) is 13.9. The van der Waals surface area contributed by atoms with E-state index in [9.17, 15) is 5.11 Å². The molecule has 1 atom stereocenters. The number of fused-ring (bicyclic) bond motifs is 1. The number of aliphatic hydroxyl groups is 1. The van der Waals surface area contributed by atoms with Gasteiger partial charge in [0.05, 0.1) is 0 Å². The highest BCUT2D eigenvalue weighted by molar-refractivity contribution is 5.41. The van der Waals surface area contributed by atoms with Gasteiger partial charge in [-0.15, -0.1) is 0 Å². The van der Waals surface area contributed by atoms with E-state index < -0.39 is 0 Å². The predicted octanol–water partition coefficient (Wildman–Crippen LogP) is 4.00. The van der Waals surface area contributed by atoms with Crippen LogP contribution < -0.4 is 0 Å². The van der Waals surface area contributed by atoms with Crippen molar-refractivity contribution in [2.45, 2.75) is 38.5 Å². The van der Waals surface area contributed by atoms with E-state index in [4.69, 9.17) is 0 Å². The standard InChI is InChI=1S/C19H22O/c1-14-5-7-16(8-6-14)19(11-12-20)18-10-9-15-3-2-4-17(15)13-18/h5-10,13,19-20H,2-4,11-12H2,1H3. The Balaban J connectivity index is 1.95. The lowest BCUT2D eigenvalue weighted by molar-refractivity contribution is 0.281. The number of hydrogen-bond donors (Lipinski definition) is 1. The van der Waals surface area contributed by atoms with Crippen molar-refractivity contribution >= 4 is 0 Å². The smallest absolute Gasteiger partial charge is 0.0440 e. The van der Waals surface area contributed by atoms with Crippen LogP contribution in [0.25, 0.3) is 0 Å². The molecule has 20 heavy (non-hydrogen) atoms. The summed E-state index contributed by atoms with van der Waals surface area (Å²) >= 11 is 0. The molecule has 0 saturated carbocycles. The van der Waals surface area contributed by atoms with Crippen LogP contribution in [0, 0.1) is 6.92 Å². The minimum Gasteiger partial charge on any atom is -0.396 e. The molecular formula is C19H22O. The van der Waals surface area contributed by atoms with Crippen molar-refractivity contribution in [2.75, 3.05) is 6.61 Å². The van der Waals surface area contributed by atoms with Crippen LogP contribution in [0.4, 0.5) is 0 Å². The number of benzene rings is 2. The molecule has 1 unspecified atom stereocenters. The molecule has 1 heteroatoms. The fourth-order valence-corrected chi connectivity index (χ4v) is 3.26. The summed E-state index contributed by atoms with van der Waals surface area (Å²) in [5, 5.41) is 9.41. The van der Waals surface area contributed by atoms with Crippen molar-refractivity contribution in [1.82, 2.24) is 0 Å². The van der Waals surface area contributed by atoms with Crippen LogP contribution in [0.2, 0.25) is 0 Å². The van der Waals surface area contributed by atoms with Gasteiger partial charge in [0.2, 0.25) is 0 Å². The summed E-state index contributed by atoms with van der Waals surface area (Å²) in [5.41, 5.74) is 6.97. The van der Waals surface area contributed by atoms with Crippen molar-refractivity contribution in [3.05, 3.63) is 70.3 Å². The number of rotatable bonds is 4. The number of aryl methyl sites for hydroxylation is 3. The van der Waals surface area contributed by atoms with Gasteiger partial charge in [0.1, 0.15) is 0 Å². The van der Waals surface area contributed by atoms with Crippen molar-refractivity contribution < 1.29 is 5.11 Å². The Hall–Kier alpha value is -1.60. The van der Waals surface area contributed by atoms with Crippen LogP contribution in [-0.4, -0.2) is 11.7 Å². The molecule has 0 radical (unpaired) electrons. The third-order valence-electron chi connectivity index (χ3n) is 4.42. The van der Waals surface area contributed by atoms with E-state index in [0.717, 1.165) is 6.42 Å². The van der Waals surface area contributed by atoms with E-state index in [1.54, 1.807) is 0 Å². The van der Waals surface area contributed by atoms with Gasteiger partial charge in [-0.05, 0) is 54.9 Å². The molecule has 0 fully saturated rings. The third-order valence-corrected chi connectivity index (χ3v) is 4.42. The quantitative estimate of drug-likeness (QED) is 0.887. The second kappa shape index (κ2) is 5.80. The summed E-state index contributed by atoms with van der Waals surface area (Å²) in [4.78, 5) is 0. The first-order valence-corrected chi connectivity index (χ1v) is 7.57. The Morgan fingerprint density at radius 2 is 1.65 bits per heavy atom. The minimum atomic E-state index is 0.232. The molecule has 0 aromatic heterocycles. The normalized spacial score (nSPS) is 15.1. The first kappa shape index (κ1) is 13.4. The van der Waals surface area contributed by atoms with Gasteiger partial charge in [0, 0.05) is 12.5 Å². The van der Waals surface area contributed by atoms with Gasteiger partial charge in [-0.25, -0.2) is 0 Å². The highest BCUT2D eigenvalue weighted by atomic mass is 16.3. The Kier molecular flexibility index (Phi) is 3.88. The van der Waals surface area contributed by atoms with Crippen LogP contribution in [-0.2, 0) is 12.8 Å². The van der Waals surface area contributed by atoms with Crippen molar-refractivity contribution in [3.63, 3.8) is 0 Å². The lowest BCUT2D eigenvalue weighted by atomic mass is 9.87. The molecule has 1 N–H and O–H groups in total. The molecule has 0 saturated heterocycles. The zero-order valence-electron chi connectivity index (χ0n) is 12.1. The van der Waals surface area contributed by atoms with Gasteiger partial charge >= 0.3 is 0 Å². The largest absolute Gasteiger partial charge is 0.396 e. The van der Waals surface area contributed by atoms with Gasteiger partial charge in [-0.2, -0.15) is 0 Å². The molecule has 1 aliphatic rings. The second-order valence-corrected chi connectivity index (χ2v) is 5.86. The molecule has 1 aliphatic carbocycles. The molecule has 0 spiro atoms. The van der Waals surface area contributed by atoms with Gasteiger partial charge in [0.25, 0.3) is 0 Å². The molecule has 0 amide bonds. The van der Waals surface area contributed by atoms with E-state index in [2.05, 4.69) is 49.4 Å². The van der Waals surface area contributed by atoms with Crippen LogP contribution in [0.15, 0.2) is 42.5 Å². The van der Waals surface area contributed by atoms with E-state index in [1.807, 2.05) is 0 Å². The summed E-state index contributed by atoms with van der Waals surface area (Å²) in [7, 11) is 0. The van der Waals surface area contributed by atoms with Crippen LogP contribution >= 0.6 is 0 Å². The van der Waals surface area contributed by atoms with Crippen molar-refractivity contribution in [2.24, 2.45) is 0 Å². The summed E-state index contributed by atoms with van der Waals surface area (Å²) in [6.07, 6.45) is 4.52. The second-order valence-electron chi connectivity index (χ2n) is 5.86. The van der Waals surface area contributed by atoms with Gasteiger partial charge in [0.15, 0.2) is 0 Å². The number of aliphatic hydroxyl groups excluding tert-OH is 1. The number of hydrogen-bond acceptors (Lipinski definition) is 1. The van der Waals surface area contributed by atoms with Crippen LogP contribution in [0.1, 0.15) is 46.6 Å². The SMILES string of the molecule is Cc1ccc(C(CCO)c2ccc3c(c2)CCC3)cc1. The molecule has 104 valence electrons.